The van der Waals surface area contributed by atoms with Crippen molar-refractivity contribution < 1.29 is 9.47 Å². The molecule has 0 amide bonds. The first-order valence-electron chi connectivity index (χ1n) is 25.6. The van der Waals surface area contributed by atoms with Crippen LogP contribution in [0.1, 0.15) is 37.5 Å². The Balaban J connectivity index is 1.03. The minimum absolute atomic E-state index is 0.105. The second-order valence-electron chi connectivity index (χ2n) is 21.3. The predicted octanol–water partition coefficient (Wildman–Crippen LogP) is 13.2. The van der Waals surface area contributed by atoms with E-state index in [9.17, 15) is 0 Å². The van der Waals surface area contributed by atoms with Crippen LogP contribution in [0.3, 0.4) is 0 Å². The van der Waals surface area contributed by atoms with E-state index in [1.54, 1.807) is 0 Å². The Hall–Kier alpha value is -8.67. The summed E-state index contributed by atoms with van der Waals surface area (Å²) in [6.45, 7) is 11.1. The monoisotopic (exact) mass is 937 g/mol. The maximum Gasteiger partial charge on any atom is 0.256 e. The van der Waals surface area contributed by atoms with Crippen LogP contribution in [0.4, 0.5) is 34.1 Å². The van der Waals surface area contributed by atoms with E-state index in [2.05, 4.69) is 255 Å². The van der Waals surface area contributed by atoms with Crippen molar-refractivity contribution in [2.75, 3.05) is 9.80 Å². The molecule has 0 aliphatic carbocycles. The second kappa shape index (κ2) is 15.4. The first-order valence-corrected chi connectivity index (χ1v) is 25.6. The summed E-state index contributed by atoms with van der Waals surface area (Å²) in [4.78, 5) is 5.01. The summed E-state index contributed by atoms with van der Waals surface area (Å²) in [5, 5.41) is 2.49. The molecule has 0 spiro atoms. The fraction of sp³-hybridized carbons (Fsp3) is 0.0909. The largest absolute Gasteiger partial charge is 0.458 e. The number of aromatic nitrogens is 1. The van der Waals surface area contributed by atoms with Crippen molar-refractivity contribution >= 4 is 102 Å². The maximum atomic E-state index is 7.52. The zero-order valence-electron chi connectivity index (χ0n) is 41.4. The molecule has 0 saturated heterocycles. The van der Waals surface area contributed by atoms with Crippen LogP contribution in [0.25, 0.3) is 38.6 Å². The standard InChI is InChI=1S/C66H49B2N3O2/c1-40-19-18-20-41(2)65(40)71-56-39-60-52(38-51(56)68-50-27-14-17-30-59(50)72-61-34-43(33-57(71)63(61)68)42-21-8-6-9-22-42)67-49-32-31-46(70-53-28-15-12-25-47(53)48-26-13-16-29-54(48)70)37-55(49)69(45-23-10-7-11-24-45)58-35-44(66(3,4)5)36-62(73-60)64(58)67/h6-39H,1-5H3. The Morgan fingerprint density at radius 3 is 1.71 bits per heavy atom. The van der Waals surface area contributed by atoms with Crippen LogP contribution in [0.2, 0.25) is 0 Å². The zero-order valence-corrected chi connectivity index (χ0v) is 41.4. The van der Waals surface area contributed by atoms with Gasteiger partial charge < -0.3 is 23.8 Å². The lowest BCUT2D eigenvalue weighted by atomic mass is 9.31. The van der Waals surface area contributed by atoms with E-state index < -0.39 is 0 Å². The van der Waals surface area contributed by atoms with Gasteiger partial charge in [-0.05, 0) is 147 Å². The van der Waals surface area contributed by atoms with Crippen LogP contribution in [0.5, 0.6) is 23.0 Å². The number of rotatable bonds is 4. The summed E-state index contributed by atoms with van der Waals surface area (Å²) in [6.07, 6.45) is 0. The molecular formula is C66H49B2N3O2. The van der Waals surface area contributed by atoms with Gasteiger partial charge in [0.15, 0.2) is 0 Å². The number of aryl methyl sites for hydroxylation is 2. The highest BCUT2D eigenvalue weighted by molar-refractivity contribution is 7.02. The summed E-state index contributed by atoms with van der Waals surface area (Å²) in [5.74, 6) is 3.55. The van der Waals surface area contributed by atoms with Gasteiger partial charge in [-0.1, -0.05) is 154 Å². The van der Waals surface area contributed by atoms with E-state index in [1.165, 1.54) is 66.0 Å². The lowest BCUT2D eigenvalue weighted by Crippen LogP contribution is -2.63. The molecule has 0 saturated carbocycles. The Labute approximate surface area is 426 Å². The van der Waals surface area contributed by atoms with Crippen molar-refractivity contribution in [3.05, 3.63) is 223 Å². The van der Waals surface area contributed by atoms with Gasteiger partial charge >= 0.3 is 0 Å². The van der Waals surface area contributed by atoms with Gasteiger partial charge in [0.2, 0.25) is 0 Å². The third kappa shape index (κ3) is 6.12. The molecule has 10 aromatic carbocycles. The van der Waals surface area contributed by atoms with Gasteiger partial charge in [0.05, 0.1) is 16.7 Å². The molecule has 4 aliphatic rings. The summed E-state index contributed by atoms with van der Waals surface area (Å²) >= 11 is 0. The molecule has 15 rings (SSSR count). The van der Waals surface area contributed by atoms with Gasteiger partial charge in [-0.25, -0.2) is 0 Å². The number of benzene rings is 10. The molecule has 1 aromatic heterocycles. The van der Waals surface area contributed by atoms with Crippen LogP contribution in [-0.2, 0) is 5.41 Å². The molecule has 0 radical (unpaired) electrons. The van der Waals surface area contributed by atoms with Gasteiger partial charge in [0.1, 0.15) is 23.0 Å². The average Bonchev–Trinajstić information content (AvgIpc) is 3.75. The lowest BCUT2D eigenvalue weighted by molar-refractivity contribution is 0.483. The van der Waals surface area contributed by atoms with E-state index in [4.69, 9.17) is 9.47 Å². The molecule has 4 aliphatic heterocycles. The summed E-state index contributed by atoms with van der Waals surface area (Å²) < 4.78 is 17.0. The maximum absolute atomic E-state index is 7.52. The molecule has 0 N–H and O–H groups in total. The van der Waals surface area contributed by atoms with Gasteiger partial charge in [0, 0.05) is 51.0 Å². The van der Waals surface area contributed by atoms with Gasteiger partial charge in [-0.3, -0.25) is 0 Å². The Bertz CT molecular complexity index is 4070. The highest BCUT2D eigenvalue weighted by atomic mass is 16.5. The van der Waals surface area contributed by atoms with Crippen molar-refractivity contribution in [2.45, 2.75) is 40.0 Å². The lowest BCUT2D eigenvalue weighted by Gasteiger charge is -2.44. The molecule has 11 aromatic rings. The minimum Gasteiger partial charge on any atom is -0.458 e. The molecule has 5 nitrogen and oxygen atoms in total. The highest BCUT2D eigenvalue weighted by Crippen LogP contribution is 2.49. The van der Waals surface area contributed by atoms with Crippen LogP contribution in [-0.4, -0.2) is 18.0 Å². The van der Waals surface area contributed by atoms with Crippen molar-refractivity contribution in [2.24, 2.45) is 0 Å². The Morgan fingerprint density at radius 1 is 0.384 bits per heavy atom. The summed E-state index contributed by atoms with van der Waals surface area (Å²) in [7, 11) is 0. The van der Waals surface area contributed by atoms with Crippen molar-refractivity contribution in [1.29, 1.82) is 0 Å². The third-order valence-corrected chi connectivity index (χ3v) is 16.0. The summed E-state index contributed by atoms with van der Waals surface area (Å²) in [5.41, 5.74) is 23.1. The molecule has 73 heavy (non-hydrogen) atoms. The van der Waals surface area contributed by atoms with Crippen LogP contribution < -0.4 is 52.1 Å². The number of nitrogens with zero attached hydrogens (tertiary/aromatic N) is 3. The molecule has 7 heteroatoms. The molecule has 0 unspecified atom stereocenters. The fourth-order valence-electron chi connectivity index (χ4n) is 12.7. The zero-order chi connectivity index (χ0) is 48.9. The smallest absolute Gasteiger partial charge is 0.256 e. The average molecular weight is 938 g/mol. The van der Waals surface area contributed by atoms with E-state index in [1.807, 2.05) is 0 Å². The minimum atomic E-state index is -0.165. The van der Waals surface area contributed by atoms with Crippen molar-refractivity contribution in [1.82, 2.24) is 4.57 Å². The highest BCUT2D eigenvalue weighted by Gasteiger charge is 2.47. The fourth-order valence-corrected chi connectivity index (χ4v) is 12.7. The van der Waals surface area contributed by atoms with Gasteiger partial charge in [-0.15, -0.1) is 0 Å². The Kier molecular flexibility index (Phi) is 8.88. The number of para-hydroxylation sites is 5. The van der Waals surface area contributed by atoms with Crippen LogP contribution in [0.15, 0.2) is 206 Å². The molecule has 5 heterocycles. The van der Waals surface area contributed by atoms with E-state index >= 15 is 0 Å². The van der Waals surface area contributed by atoms with Crippen LogP contribution >= 0.6 is 0 Å². The van der Waals surface area contributed by atoms with Gasteiger partial charge in [0.25, 0.3) is 13.4 Å². The Morgan fingerprint density at radius 2 is 0.986 bits per heavy atom. The molecule has 0 bridgehead atoms. The van der Waals surface area contributed by atoms with Crippen molar-refractivity contribution in [3.63, 3.8) is 0 Å². The molecule has 0 atom stereocenters. The van der Waals surface area contributed by atoms with E-state index in [-0.39, 0.29) is 18.8 Å². The van der Waals surface area contributed by atoms with Gasteiger partial charge in [-0.2, -0.15) is 0 Å². The normalized spacial score (nSPS) is 13.7. The van der Waals surface area contributed by atoms with E-state index in [0.717, 1.165) is 79.2 Å². The third-order valence-electron chi connectivity index (χ3n) is 16.0. The number of ether oxygens (including phenoxy) is 2. The second-order valence-corrected chi connectivity index (χ2v) is 21.3. The SMILES string of the molecule is Cc1cccc(C)c1N1c2cc3c(cc2B2c4ccccc4Oc4cc(-c5ccccc5)cc1c42)B1c2ccc(-n4c5ccccc5c5ccccc54)cc2N(c2ccccc2)c2cc(C(C)(C)C)cc(c21)O3. The van der Waals surface area contributed by atoms with Crippen LogP contribution in [0, 0.1) is 13.8 Å². The van der Waals surface area contributed by atoms with Crippen molar-refractivity contribution in [3.8, 4) is 39.8 Å². The molecule has 346 valence electrons. The number of hydrogen-bond donors (Lipinski definition) is 0. The summed E-state index contributed by atoms with van der Waals surface area (Å²) in [6, 6.07) is 75.9. The molecule has 0 fully saturated rings. The van der Waals surface area contributed by atoms with E-state index in [0.29, 0.717) is 0 Å². The number of hydrogen-bond acceptors (Lipinski definition) is 4. The first-order chi connectivity index (χ1) is 35.7. The number of anilines is 6. The molecular weight excluding hydrogens is 888 g/mol. The first kappa shape index (κ1) is 42.1. The topological polar surface area (TPSA) is 29.9 Å². The number of fused-ring (bicyclic) bond motifs is 11. The quantitative estimate of drug-likeness (QED) is 0.165. The predicted molar refractivity (Wildman–Crippen MR) is 306 cm³/mol.